The molecule has 0 fully saturated rings. The van der Waals surface area contributed by atoms with E-state index < -0.39 is 12.0 Å². The molecule has 25 heavy (non-hydrogen) atoms. The van der Waals surface area contributed by atoms with E-state index in [-0.39, 0.29) is 11.5 Å². The van der Waals surface area contributed by atoms with Crippen LogP contribution in [0.4, 0.5) is 5.95 Å². The number of hydrogen-bond donors (Lipinski definition) is 2. The van der Waals surface area contributed by atoms with Gasteiger partial charge in [-0.05, 0) is 25.5 Å². The largest absolute Gasteiger partial charge is 0.480 e. The second-order valence-corrected chi connectivity index (χ2v) is 5.75. The fraction of sp³-hybridized carbons (Fsp3) is 0.294. The fourth-order valence-electron chi connectivity index (χ4n) is 2.57. The van der Waals surface area contributed by atoms with Gasteiger partial charge in [0.25, 0.3) is 5.91 Å². The van der Waals surface area contributed by atoms with Gasteiger partial charge in [0, 0.05) is 12.7 Å². The van der Waals surface area contributed by atoms with Crippen molar-refractivity contribution in [2.45, 2.75) is 32.9 Å². The standard InChI is InChI=1S/C17H19N5O3/c1-3-8-21-14-7-5-4-6-13(14)19-17(21)20-15(23)12-9-18-22(10-12)11(2)16(24)25/h4-7,9-11H,3,8H2,1-2H3,(H,24,25)(H,19,20,23). The number of carbonyl (C=O) groups excluding carboxylic acids is 1. The number of para-hydroxylation sites is 2. The van der Waals surface area contributed by atoms with Crippen LogP contribution in [-0.4, -0.2) is 36.3 Å². The molecule has 1 aromatic carbocycles. The maximum absolute atomic E-state index is 12.5. The summed E-state index contributed by atoms with van der Waals surface area (Å²) in [6.07, 6.45) is 3.67. The van der Waals surface area contributed by atoms with Gasteiger partial charge in [-0.2, -0.15) is 5.10 Å². The number of carboxylic acid groups (broad SMARTS) is 1. The van der Waals surface area contributed by atoms with Crippen LogP contribution in [0.5, 0.6) is 0 Å². The molecule has 2 heterocycles. The summed E-state index contributed by atoms with van der Waals surface area (Å²) in [4.78, 5) is 28.0. The molecule has 0 saturated heterocycles. The van der Waals surface area contributed by atoms with Gasteiger partial charge in [0.1, 0.15) is 6.04 Å². The van der Waals surface area contributed by atoms with Gasteiger partial charge in [-0.1, -0.05) is 19.1 Å². The maximum Gasteiger partial charge on any atom is 0.328 e. The van der Waals surface area contributed by atoms with Crippen LogP contribution in [0.1, 0.15) is 36.7 Å². The molecule has 2 N–H and O–H groups in total. The molecule has 8 nitrogen and oxygen atoms in total. The number of nitrogens with zero attached hydrogens (tertiary/aromatic N) is 4. The minimum atomic E-state index is -1.01. The van der Waals surface area contributed by atoms with Crippen molar-refractivity contribution in [1.82, 2.24) is 19.3 Å². The lowest BCUT2D eigenvalue weighted by Gasteiger charge is -2.08. The zero-order chi connectivity index (χ0) is 18.0. The van der Waals surface area contributed by atoms with E-state index in [1.54, 1.807) is 0 Å². The highest BCUT2D eigenvalue weighted by Crippen LogP contribution is 2.20. The van der Waals surface area contributed by atoms with E-state index in [0.717, 1.165) is 24.0 Å². The molecule has 0 spiro atoms. The van der Waals surface area contributed by atoms with Crippen LogP contribution in [0.15, 0.2) is 36.7 Å². The van der Waals surface area contributed by atoms with Crippen LogP contribution in [0.25, 0.3) is 11.0 Å². The third-order valence-corrected chi connectivity index (χ3v) is 3.94. The lowest BCUT2D eigenvalue weighted by Crippen LogP contribution is -2.17. The molecule has 1 amide bonds. The SMILES string of the molecule is CCCn1c(NC(=O)c2cnn(C(C)C(=O)O)c2)nc2ccccc21. The van der Waals surface area contributed by atoms with E-state index in [1.807, 2.05) is 28.8 Å². The van der Waals surface area contributed by atoms with Crippen LogP contribution in [-0.2, 0) is 11.3 Å². The summed E-state index contributed by atoms with van der Waals surface area (Å²) in [5.41, 5.74) is 2.04. The Morgan fingerprint density at radius 3 is 2.80 bits per heavy atom. The van der Waals surface area contributed by atoms with Crippen molar-refractivity contribution in [1.29, 1.82) is 0 Å². The molecule has 2 aromatic heterocycles. The van der Waals surface area contributed by atoms with Crippen molar-refractivity contribution < 1.29 is 14.7 Å². The first kappa shape index (κ1) is 16.7. The van der Waals surface area contributed by atoms with Gasteiger partial charge in [-0.25, -0.2) is 9.78 Å². The van der Waals surface area contributed by atoms with Crippen molar-refractivity contribution >= 4 is 28.9 Å². The predicted molar refractivity (Wildman–Crippen MR) is 92.6 cm³/mol. The number of anilines is 1. The molecule has 0 saturated carbocycles. The number of fused-ring (bicyclic) bond motifs is 1. The normalized spacial score (nSPS) is 12.2. The van der Waals surface area contributed by atoms with Crippen LogP contribution in [0.3, 0.4) is 0 Å². The average molecular weight is 341 g/mol. The fourth-order valence-corrected chi connectivity index (χ4v) is 2.57. The molecule has 1 atom stereocenters. The van der Waals surface area contributed by atoms with Crippen molar-refractivity contribution in [3.8, 4) is 0 Å². The lowest BCUT2D eigenvalue weighted by atomic mass is 10.3. The zero-order valence-corrected chi connectivity index (χ0v) is 14.0. The number of aliphatic carboxylic acids is 1. The Labute approximate surface area is 144 Å². The summed E-state index contributed by atoms with van der Waals surface area (Å²) < 4.78 is 3.20. The maximum atomic E-state index is 12.5. The summed E-state index contributed by atoms with van der Waals surface area (Å²) in [6, 6.07) is 6.84. The van der Waals surface area contributed by atoms with Crippen molar-refractivity contribution in [2.75, 3.05) is 5.32 Å². The van der Waals surface area contributed by atoms with E-state index in [0.29, 0.717) is 5.95 Å². The van der Waals surface area contributed by atoms with Gasteiger partial charge in [0.05, 0.1) is 22.8 Å². The van der Waals surface area contributed by atoms with Crippen molar-refractivity contribution in [3.05, 3.63) is 42.2 Å². The topological polar surface area (TPSA) is 102 Å². The van der Waals surface area contributed by atoms with E-state index in [4.69, 9.17) is 5.11 Å². The highest BCUT2D eigenvalue weighted by atomic mass is 16.4. The Morgan fingerprint density at radius 1 is 1.32 bits per heavy atom. The third kappa shape index (κ3) is 3.23. The Hall–Kier alpha value is -3.16. The third-order valence-electron chi connectivity index (χ3n) is 3.94. The average Bonchev–Trinajstić information content (AvgIpc) is 3.20. The Balaban J connectivity index is 1.87. The second kappa shape index (κ2) is 6.76. The molecule has 0 aliphatic heterocycles. The van der Waals surface area contributed by atoms with Gasteiger partial charge in [0.15, 0.2) is 0 Å². The van der Waals surface area contributed by atoms with E-state index in [2.05, 4.69) is 22.3 Å². The van der Waals surface area contributed by atoms with Gasteiger partial charge < -0.3 is 9.67 Å². The summed E-state index contributed by atoms with van der Waals surface area (Å²) >= 11 is 0. The highest BCUT2D eigenvalue weighted by molar-refractivity contribution is 6.03. The first-order valence-corrected chi connectivity index (χ1v) is 8.04. The predicted octanol–water partition coefficient (Wildman–Crippen LogP) is 2.54. The molecule has 3 aromatic rings. The molecule has 0 aliphatic rings. The number of hydrogen-bond acceptors (Lipinski definition) is 4. The number of rotatable bonds is 6. The first-order valence-electron chi connectivity index (χ1n) is 8.04. The van der Waals surface area contributed by atoms with Crippen molar-refractivity contribution in [3.63, 3.8) is 0 Å². The summed E-state index contributed by atoms with van der Waals surface area (Å²) in [5, 5.41) is 15.8. The molecule has 0 bridgehead atoms. The molecule has 1 unspecified atom stereocenters. The van der Waals surface area contributed by atoms with Crippen LogP contribution < -0.4 is 5.32 Å². The Kier molecular flexibility index (Phi) is 4.51. The monoisotopic (exact) mass is 341 g/mol. The van der Waals surface area contributed by atoms with Crippen LogP contribution >= 0.6 is 0 Å². The van der Waals surface area contributed by atoms with Gasteiger partial charge in [-0.15, -0.1) is 0 Å². The number of aryl methyl sites for hydroxylation is 1. The second-order valence-electron chi connectivity index (χ2n) is 5.75. The smallest absolute Gasteiger partial charge is 0.328 e. The Morgan fingerprint density at radius 2 is 2.08 bits per heavy atom. The van der Waals surface area contributed by atoms with Gasteiger partial charge in [-0.3, -0.25) is 14.8 Å². The molecule has 3 rings (SSSR count). The van der Waals surface area contributed by atoms with Crippen LogP contribution in [0.2, 0.25) is 0 Å². The number of carboxylic acids is 1. The minimum absolute atomic E-state index is 0.281. The van der Waals surface area contributed by atoms with E-state index >= 15 is 0 Å². The number of benzene rings is 1. The number of aromatic nitrogens is 4. The highest BCUT2D eigenvalue weighted by Gasteiger charge is 2.18. The molecular formula is C17H19N5O3. The summed E-state index contributed by atoms with van der Waals surface area (Å²) in [6.45, 7) is 4.28. The number of nitrogens with one attached hydrogen (secondary N) is 1. The summed E-state index contributed by atoms with van der Waals surface area (Å²) in [7, 11) is 0. The van der Waals surface area contributed by atoms with Crippen molar-refractivity contribution in [2.24, 2.45) is 0 Å². The molecular weight excluding hydrogens is 322 g/mol. The first-order chi connectivity index (χ1) is 12.0. The molecule has 0 radical (unpaired) electrons. The number of imidazole rings is 1. The van der Waals surface area contributed by atoms with Crippen LogP contribution in [0, 0.1) is 0 Å². The lowest BCUT2D eigenvalue weighted by molar-refractivity contribution is -0.140. The van der Waals surface area contributed by atoms with Gasteiger partial charge in [0.2, 0.25) is 5.95 Å². The molecule has 8 heteroatoms. The van der Waals surface area contributed by atoms with E-state index in [9.17, 15) is 9.59 Å². The quantitative estimate of drug-likeness (QED) is 0.717. The Bertz CT molecular complexity index is 927. The number of amides is 1. The molecule has 0 aliphatic carbocycles. The van der Waals surface area contributed by atoms with Gasteiger partial charge >= 0.3 is 5.97 Å². The molecule has 130 valence electrons. The zero-order valence-electron chi connectivity index (χ0n) is 14.0. The summed E-state index contributed by atoms with van der Waals surface area (Å²) in [5.74, 6) is -0.927. The minimum Gasteiger partial charge on any atom is -0.480 e. The van der Waals surface area contributed by atoms with E-state index in [1.165, 1.54) is 24.0 Å². The number of carbonyl (C=O) groups is 2.